The Kier molecular flexibility index (Phi) is 5.14. The molecule has 1 atom stereocenters. The Morgan fingerprint density at radius 2 is 1.75 bits per heavy atom. The highest BCUT2D eigenvalue weighted by molar-refractivity contribution is 5.89. The smallest absolute Gasteiger partial charge is 0.375 e. The highest BCUT2D eigenvalue weighted by atomic mass is 19.4. The Balaban J connectivity index is 2.10. The molecule has 2 aromatic carbocycles. The van der Waals surface area contributed by atoms with E-state index in [4.69, 9.17) is 0 Å². The maximum Gasteiger partial charge on any atom is 0.423 e. The van der Waals surface area contributed by atoms with E-state index in [0.717, 1.165) is 17.7 Å². The van der Waals surface area contributed by atoms with Crippen molar-refractivity contribution < 1.29 is 23.1 Å². The van der Waals surface area contributed by atoms with Gasteiger partial charge in [0.2, 0.25) is 5.60 Å². The molecular weight excluding hydrogens is 321 g/mol. The molecule has 128 valence electrons. The lowest BCUT2D eigenvalue weighted by atomic mass is 9.93. The summed E-state index contributed by atoms with van der Waals surface area (Å²) in [6.07, 6.45) is -4.94. The van der Waals surface area contributed by atoms with Crippen LogP contribution in [0.3, 0.4) is 0 Å². The molecule has 0 heterocycles. The van der Waals surface area contributed by atoms with Gasteiger partial charge in [0.1, 0.15) is 0 Å². The van der Waals surface area contributed by atoms with Crippen LogP contribution in [0.2, 0.25) is 0 Å². The molecular formula is C17H17F3N2O2. The van der Waals surface area contributed by atoms with Crippen molar-refractivity contribution in [2.75, 3.05) is 11.9 Å². The molecule has 0 spiro atoms. The van der Waals surface area contributed by atoms with Gasteiger partial charge in [0.25, 0.3) is 0 Å². The number of alkyl halides is 3. The van der Waals surface area contributed by atoms with Crippen molar-refractivity contribution in [3.05, 3.63) is 65.7 Å². The SMILES string of the molecule is Cc1cccc(NC(=O)NCC(O)(c2ccccc2)C(F)(F)F)c1. The lowest BCUT2D eigenvalue weighted by Crippen LogP contribution is -2.51. The largest absolute Gasteiger partial charge is 0.423 e. The second-order valence-corrected chi connectivity index (χ2v) is 5.40. The molecule has 1 unspecified atom stereocenters. The molecule has 2 aromatic rings. The number of benzene rings is 2. The first-order valence-electron chi connectivity index (χ1n) is 7.18. The van der Waals surface area contributed by atoms with Crippen LogP contribution in [0.5, 0.6) is 0 Å². The van der Waals surface area contributed by atoms with E-state index in [1.807, 2.05) is 13.0 Å². The lowest BCUT2D eigenvalue weighted by molar-refractivity contribution is -0.263. The van der Waals surface area contributed by atoms with Gasteiger partial charge in [-0.25, -0.2) is 4.79 Å². The maximum absolute atomic E-state index is 13.3. The number of carbonyl (C=O) groups is 1. The van der Waals surface area contributed by atoms with E-state index in [9.17, 15) is 23.1 Å². The standard InChI is InChI=1S/C17H17F3N2O2/c1-12-6-5-9-14(10-12)22-15(23)21-11-16(24,17(18,19)20)13-7-3-2-4-8-13/h2-10,24H,11H2,1H3,(H2,21,22,23). The van der Waals surface area contributed by atoms with Gasteiger partial charge in [-0.15, -0.1) is 0 Å². The number of rotatable bonds is 4. The highest BCUT2D eigenvalue weighted by Crippen LogP contribution is 2.38. The fourth-order valence-corrected chi connectivity index (χ4v) is 2.19. The van der Waals surface area contributed by atoms with Crippen molar-refractivity contribution in [3.8, 4) is 0 Å². The third-order valence-electron chi connectivity index (χ3n) is 3.50. The van der Waals surface area contributed by atoms with Gasteiger partial charge in [-0.1, -0.05) is 42.5 Å². The van der Waals surface area contributed by atoms with Crippen LogP contribution in [0.25, 0.3) is 0 Å². The van der Waals surface area contributed by atoms with Crippen molar-refractivity contribution in [2.24, 2.45) is 0 Å². The van der Waals surface area contributed by atoms with E-state index in [1.165, 1.54) is 18.2 Å². The van der Waals surface area contributed by atoms with Crippen LogP contribution in [0.1, 0.15) is 11.1 Å². The Morgan fingerprint density at radius 3 is 2.33 bits per heavy atom. The van der Waals surface area contributed by atoms with Crippen LogP contribution in [-0.4, -0.2) is 23.9 Å². The molecule has 0 saturated heterocycles. The second-order valence-electron chi connectivity index (χ2n) is 5.40. The number of halogens is 3. The molecule has 2 amide bonds. The number of amides is 2. The Morgan fingerprint density at radius 1 is 1.08 bits per heavy atom. The van der Waals surface area contributed by atoms with Crippen molar-refractivity contribution in [1.82, 2.24) is 5.32 Å². The lowest BCUT2D eigenvalue weighted by Gasteiger charge is -2.31. The van der Waals surface area contributed by atoms with E-state index in [2.05, 4.69) is 10.6 Å². The summed E-state index contributed by atoms with van der Waals surface area (Å²) in [5.74, 6) is 0. The van der Waals surface area contributed by atoms with Gasteiger partial charge < -0.3 is 15.7 Å². The van der Waals surface area contributed by atoms with Gasteiger partial charge in [-0.05, 0) is 30.2 Å². The zero-order valence-electron chi connectivity index (χ0n) is 12.9. The summed E-state index contributed by atoms with van der Waals surface area (Å²) in [6, 6.07) is 12.6. The molecule has 0 aliphatic heterocycles. The van der Waals surface area contributed by atoms with E-state index >= 15 is 0 Å². The van der Waals surface area contributed by atoms with E-state index < -0.39 is 24.4 Å². The van der Waals surface area contributed by atoms with Gasteiger partial charge in [-0.3, -0.25) is 0 Å². The van der Waals surface area contributed by atoms with Crippen molar-refractivity contribution in [1.29, 1.82) is 0 Å². The van der Waals surface area contributed by atoms with Gasteiger partial charge in [0.05, 0.1) is 6.54 Å². The van der Waals surface area contributed by atoms with Crippen LogP contribution >= 0.6 is 0 Å². The summed E-state index contributed by atoms with van der Waals surface area (Å²) in [7, 11) is 0. The number of aryl methyl sites for hydroxylation is 1. The molecule has 24 heavy (non-hydrogen) atoms. The summed E-state index contributed by atoms with van der Waals surface area (Å²) in [5, 5.41) is 14.6. The van der Waals surface area contributed by atoms with Crippen LogP contribution in [-0.2, 0) is 5.60 Å². The fraction of sp³-hybridized carbons (Fsp3) is 0.235. The molecule has 2 rings (SSSR count). The first-order chi connectivity index (χ1) is 11.2. The van der Waals surface area contributed by atoms with E-state index in [-0.39, 0.29) is 5.56 Å². The van der Waals surface area contributed by atoms with Crippen molar-refractivity contribution >= 4 is 11.7 Å². The number of nitrogens with one attached hydrogen (secondary N) is 2. The third kappa shape index (κ3) is 4.05. The quantitative estimate of drug-likeness (QED) is 0.798. The molecule has 7 heteroatoms. The molecule has 0 radical (unpaired) electrons. The number of urea groups is 1. The predicted octanol–water partition coefficient (Wildman–Crippen LogP) is 3.57. The van der Waals surface area contributed by atoms with E-state index in [1.54, 1.807) is 18.2 Å². The van der Waals surface area contributed by atoms with Gasteiger partial charge >= 0.3 is 12.2 Å². The minimum Gasteiger partial charge on any atom is -0.375 e. The van der Waals surface area contributed by atoms with Crippen LogP contribution < -0.4 is 10.6 Å². The predicted molar refractivity (Wildman–Crippen MR) is 84.6 cm³/mol. The molecule has 0 aliphatic carbocycles. The van der Waals surface area contributed by atoms with Crippen LogP contribution in [0, 0.1) is 6.92 Å². The molecule has 0 bridgehead atoms. The zero-order valence-corrected chi connectivity index (χ0v) is 12.9. The first kappa shape index (κ1) is 17.8. The monoisotopic (exact) mass is 338 g/mol. The number of carbonyl (C=O) groups excluding carboxylic acids is 1. The van der Waals surface area contributed by atoms with Gasteiger partial charge in [0, 0.05) is 5.69 Å². The minimum absolute atomic E-state index is 0.339. The average molecular weight is 338 g/mol. The molecule has 3 N–H and O–H groups in total. The number of hydrogen-bond acceptors (Lipinski definition) is 2. The topological polar surface area (TPSA) is 61.4 Å². The maximum atomic E-state index is 13.3. The second kappa shape index (κ2) is 6.92. The first-order valence-corrected chi connectivity index (χ1v) is 7.18. The number of aliphatic hydroxyl groups is 1. The van der Waals surface area contributed by atoms with Crippen LogP contribution in [0.15, 0.2) is 54.6 Å². The summed E-state index contributed by atoms with van der Waals surface area (Å²) in [4.78, 5) is 11.8. The molecule has 0 aliphatic rings. The normalized spacial score (nSPS) is 13.9. The molecule has 0 aromatic heterocycles. The number of anilines is 1. The fourth-order valence-electron chi connectivity index (χ4n) is 2.19. The van der Waals surface area contributed by atoms with Gasteiger partial charge in [-0.2, -0.15) is 13.2 Å². The Labute approximate surface area is 137 Å². The number of hydrogen-bond donors (Lipinski definition) is 3. The highest BCUT2D eigenvalue weighted by Gasteiger charge is 2.55. The van der Waals surface area contributed by atoms with E-state index in [0.29, 0.717) is 5.69 Å². The molecule has 0 fully saturated rings. The van der Waals surface area contributed by atoms with Gasteiger partial charge in [0.15, 0.2) is 0 Å². The van der Waals surface area contributed by atoms with Crippen molar-refractivity contribution in [3.63, 3.8) is 0 Å². The molecule has 4 nitrogen and oxygen atoms in total. The Hall–Kier alpha value is -2.54. The summed E-state index contributed by atoms with van der Waals surface area (Å²) >= 11 is 0. The average Bonchev–Trinajstić information content (AvgIpc) is 2.52. The zero-order chi connectivity index (χ0) is 17.8. The van der Waals surface area contributed by atoms with Crippen LogP contribution in [0.4, 0.5) is 23.7 Å². The summed E-state index contributed by atoms with van der Waals surface area (Å²) < 4.78 is 39.9. The van der Waals surface area contributed by atoms with Crippen molar-refractivity contribution in [2.45, 2.75) is 18.7 Å². The Bertz CT molecular complexity index is 704. The summed E-state index contributed by atoms with van der Waals surface area (Å²) in [6.45, 7) is 0.819. The molecule has 0 saturated carbocycles. The minimum atomic E-state index is -4.94. The summed E-state index contributed by atoms with van der Waals surface area (Å²) in [5.41, 5.74) is -2.17. The third-order valence-corrected chi connectivity index (χ3v) is 3.50.